The number of carbonyl (C=O) groups is 1. The number of amides is 1. The van der Waals surface area contributed by atoms with Crippen LogP contribution >= 0.6 is 0 Å². The van der Waals surface area contributed by atoms with Crippen molar-refractivity contribution in [3.8, 4) is 0 Å². The summed E-state index contributed by atoms with van der Waals surface area (Å²) in [7, 11) is -2.49. The third-order valence-corrected chi connectivity index (χ3v) is 3.97. The highest BCUT2D eigenvalue weighted by molar-refractivity contribution is 7.89. The first kappa shape index (κ1) is 15.2. The van der Waals surface area contributed by atoms with Crippen LogP contribution in [0.5, 0.6) is 0 Å². The van der Waals surface area contributed by atoms with Crippen LogP contribution in [0.2, 0.25) is 0 Å². The van der Waals surface area contributed by atoms with Crippen molar-refractivity contribution in [3.63, 3.8) is 0 Å². The summed E-state index contributed by atoms with van der Waals surface area (Å²) >= 11 is 0. The largest absolute Gasteiger partial charge is 0.438 e. The highest BCUT2D eigenvalue weighted by atomic mass is 32.2. The van der Waals surface area contributed by atoms with Crippen molar-refractivity contribution in [2.24, 2.45) is 0 Å². The van der Waals surface area contributed by atoms with Gasteiger partial charge in [0.05, 0.1) is 0 Å². The topological polar surface area (TPSA) is 88.4 Å². The van der Waals surface area contributed by atoms with Crippen molar-refractivity contribution in [2.75, 3.05) is 7.05 Å². The summed E-state index contributed by atoms with van der Waals surface area (Å²) in [5.41, 5.74) is 0.581. The van der Waals surface area contributed by atoms with E-state index in [4.69, 9.17) is 4.42 Å². The van der Waals surface area contributed by atoms with E-state index < -0.39 is 21.7 Å². The molecule has 112 valence electrons. The zero-order valence-electron chi connectivity index (χ0n) is 11.1. The van der Waals surface area contributed by atoms with Crippen LogP contribution in [0, 0.1) is 5.82 Å². The van der Waals surface area contributed by atoms with Gasteiger partial charge in [0.25, 0.3) is 15.9 Å². The maximum Gasteiger partial charge on any atom is 0.287 e. The van der Waals surface area contributed by atoms with E-state index in [1.807, 2.05) is 0 Å². The first-order valence-electron chi connectivity index (χ1n) is 5.98. The molecule has 0 saturated carbocycles. The number of halogens is 1. The Morgan fingerprint density at radius 1 is 1.29 bits per heavy atom. The standard InChI is InChI=1S/C13H13FN2O4S/c1-15-21(18,19)12-6-5-11(20-12)13(17)16-8-9-3-2-4-10(14)7-9/h2-7,15H,8H2,1H3,(H,16,17). The molecule has 1 aromatic heterocycles. The number of carbonyl (C=O) groups excluding carboxylic acids is 1. The number of furan rings is 1. The van der Waals surface area contributed by atoms with Crippen molar-refractivity contribution in [1.82, 2.24) is 10.0 Å². The average Bonchev–Trinajstić information content (AvgIpc) is 2.95. The van der Waals surface area contributed by atoms with Crippen molar-refractivity contribution < 1.29 is 22.0 Å². The average molecular weight is 312 g/mol. The van der Waals surface area contributed by atoms with Crippen LogP contribution in [-0.4, -0.2) is 21.4 Å². The van der Waals surface area contributed by atoms with Crippen LogP contribution in [0.15, 0.2) is 45.9 Å². The van der Waals surface area contributed by atoms with Crippen LogP contribution in [0.1, 0.15) is 16.1 Å². The molecular formula is C13H13FN2O4S. The van der Waals surface area contributed by atoms with Crippen molar-refractivity contribution in [2.45, 2.75) is 11.6 Å². The van der Waals surface area contributed by atoms with E-state index >= 15 is 0 Å². The molecule has 0 atom stereocenters. The molecule has 0 saturated heterocycles. The smallest absolute Gasteiger partial charge is 0.287 e. The maximum absolute atomic E-state index is 13.0. The van der Waals surface area contributed by atoms with Gasteiger partial charge in [0, 0.05) is 6.54 Å². The Morgan fingerprint density at radius 2 is 2.05 bits per heavy atom. The molecule has 0 aliphatic carbocycles. The minimum atomic E-state index is -3.73. The van der Waals surface area contributed by atoms with Gasteiger partial charge in [-0.1, -0.05) is 12.1 Å². The van der Waals surface area contributed by atoms with Gasteiger partial charge in [-0.15, -0.1) is 0 Å². The zero-order chi connectivity index (χ0) is 15.5. The van der Waals surface area contributed by atoms with E-state index in [1.54, 1.807) is 6.07 Å². The Hall–Kier alpha value is -2.19. The van der Waals surface area contributed by atoms with E-state index in [0.29, 0.717) is 5.56 Å². The van der Waals surface area contributed by atoms with Crippen LogP contribution < -0.4 is 10.0 Å². The molecule has 2 aromatic rings. The third kappa shape index (κ3) is 3.67. The molecule has 0 aliphatic heterocycles. The van der Waals surface area contributed by atoms with Gasteiger partial charge in [0.15, 0.2) is 5.76 Å². The molecule has 0 radical (unpaired) electrons. The number of rotatable bonds is 5. The van der Waals surface area contributed by atoms with Crippen LogP contribution in [-0.2, 0) is 16.6 Å². The quantitative estimate of drug-likeness (QED) is 0.870. The van der Waals surface area contributed by atoms with Crippen molar-refractivity contribution in [1.29, 1.82) is 0 Å². The van der Waals surface area contributed by atoms with Gasteiger partial charge < -0.3 is 9.73 Å². The van der Waals surface area contributed by atoms with E-state index in [1.165, 1.54) is 37.4 Å². The van der Waals surface area contributed by atoms with Crippen LogP contribution in [0.4, 0.5) is 4.39 Å². The molecule has 0 unspecified atom stereocenters. The molecule has 0 bridgehead atoms. The van der Waals surface area contributed by atoms with Crippen molar-refractivity contribution >= 4 is 15.9 Å². The number of hydrogen-bond acceptors (Lipinski definition) is 4. The molecule has 1 amide bonds. The summed E-state index contributed by atoms with van der Waals surface area (Å²) in [5, 5.41) is 2.16. The Morgan fingerprint density at radius 3 is 2.71 bits per heavy atom. The van der Waals surface area contributed by atoms with E-state index in [-0.39, 0.29) is 17.4 Å². The molecule has 1 aromatic carbocycles. The predicted molar refractivity (Wildman–Crippen MR) is 72.5 cm³/mol. The lowest BCUT2D eigenvalue weighted by Gasteiger charge is -2.03. The molecule has 0 spiro atoms. The minimum Gasteiger partial charge on any atom is -0.438 e. The summed E-state index contributed by atoms with van der Waals surface area (Å²) in [5.74, 6) is -1.13. The van der Waals surface area contributed by atoms with Crippen LogP contribution in [0.3, 0.4) is 0 Å². The lowest BCUT2D eigenvalue weighted by Crippen LogP contribution is -2.22. The molecule has 0 fully saturated rings. The van der Waals surface area contributed by atoms with Gasteiger partial charge in [0.2, 0.25) is 5.09 Å². The minimum absolute atomic E-state index is 0.103. The van der Waals surface area contributed by atoms with Crippen LogP contribution in [0.25, 0.3) is 0 Å². The summed E-state index contributed by atoms with van der Waals surface area (Å²) in [6, 6.07) is 8.21. The Kier molecular flexibility index (Phi) is 4.39. The second-order valence-corrected chi connectivity index (χ2v) is 5.96. The van der Waals surface area contributed by atoms with Gasteiger partial charge >= 0.3 is 0 Å². The first-order valence-corrected chi connectivity index (χ1v) is 7.47. The molecular weight excluding hydrogens is 299 g/mol. The SMILES string of the molecule is CNS(=O)(=O)c1ccc(C(=O)NCc2cccc(F)c2)o1. The normalized spacial score (nSPS) is 11.3. The third-order valence-electron chi connectivity index (χ3n) is 2.68. The second kappa shape index (κ2) is 6.06. The molecule has 8 heteroatoms. The van der Waals surface area contributed by atoms with E-state index in [0.717, 1.165) is 0 Å². The summed E-state index contributed by atoms with van der Waals surface area (Å²) in [4.78, 5) is 11.8. The zero-order valence-corrected chi connectivity index (χ0v) is 11.9. The molecule has 0 aliphatic rings. The van der Waals surface area contributed by atoms with Gasteiger partial charge in [-0.05, 0) is 36.9 Å². The number of sulfonamides is 1. The number of nitrogens with one attached hydrogen (secondary N) is 2. The van der Waals surface area contributed by atoms with Gasteiger partial charge in [-0.2, -0.15) is 0 Å². The monoisotopic (exact) mass is 312 g/mol. The summed E-state index contributed by atoms with van der Waals surface area (Å²) in [6.07, 6.45) is 0. The fourth-order valence-corrected chi connectivity index (χ4v) is 2.25. The summed E-state index contributed by atoms with van der Waals surface area (Å²) in [6.45, 7) is 0.103. The number of benzene rings is 1. The van der Waals surface area contributed by atoms with E-state index in [2.05, 4.69) is 10.0 Å². The fourth-order valence-electron chi connectivity index (χ4n) is 1.60. The summed E-state index contributed by atoms with van der Waals surface area (Å²) < 4.78 is 43.0. The van der Waals surface area contributed by atoms with Gasteiger partial charge in [-0.25, -0.2) is 17.5 Å². The van der Waals surface area contributed by atoms with Gasteiger partial charge in [0.1, 0.15) is 5.82 Å². The number of hydrogen-bond donors (Lipinski definition) is 2. The highest BCUT2D eigenvalue weighted by Gasteiger charge is 2.19. The molecule has 21 heavy (non-hydrogen) atoms. The Balaban J connectivity index is 2.04. The lowest BCUT2D eigenvalue weighted by molar-refractivity contribution is 0.0917. The van der Waals surface area contributed by atoms with Crippen molar-refractivity contribution in [3.05, 3.63) is 53.5 Å². The maximum atomic E-state index is 13.0. The first-order chi connectivity index (χ1) is 9.92. The molecule has 2 N–H and O–H groups in total. The Bertz CT molecular complexity index is 755. The lowest BCUT2D eigenvalue weighted by atomic mass is 10.2. The van der Waals surface area contributed by atoms with E-state index in [9.17, 15) is 17.6 Å². The second-order valence-electron chi connectivity index (χ2n) is 4.14. The van der Waals surface area contributed by atoms with Gasteiger partial charge in [-0.3, -0.25) is 4.79 Å². The predicted octanol–water partition coefficient (Wildman–Crippen LogP) is 1.26. The molecule has 6 nitrogen and oxygen atoms in total. The molecule has 2 rings (SSSR count). The fraction of sp³-hybridized carbons (Fsp3) is 0.154. The highest BCUT2D eigenvalue weighted by Crippen LogP contribution is 2.13. The molecule has 1 heterocycles. The Labute approximate surface area is 121 Å².